The number of pyridine rings is 1. The number of halogens is 3. The molecule has 7 nitrogen and oxygen atoms in total. The molecule has 0 aromatic carbocycles. The van der Waals surface area contributed by atoms with Gasteiger partial charge < -0.3 is 25.1 Å². The minimum Gasteiger partial charge on any atom is -0.388 e. The fourth-order valence-corrected chi connectivity index (χ4v) is 3.22. The molecule has 0 unspecified atom stereocenters. The molecule has 3 rings (SSSR count). The predicted octanol–water partition coefficient (Wildman–Crippen LogP) is 1.02. The quantitative estimate of drug-likeness (QED) is 0.713. The summed E-state index contributed by atoms with van der Waals surface area (Å²) >= 11 is 0. The molecule has 26 heavy (non-hydrogen) atoms. The highest BCUT2D eigenvalue weighted by Crippen LogP contribution is 2.39. The summed E-state index contributed by atoms with van der Waals surface area (Å²) in [6.45, 7) is 1.63. The molecular formula is C16H18F3N4O3. The number of aliphatic hydroxyl groups excluding tert-OH is 2. The van der Waals surface area contributed by atoms with Crippen LogP contribution >= 0.6 is 0 Å². The molecule has 0 bridgehead atoms. The Hall–Kier alpha value is -2.09. The van der Waals surface area contributed by atoms with Crippen molar-refractivity contribution in [3.05, 3.63) is 23.3 Å². The summed E-state index contributed by atoms with van der Waals surface area (Å²) in [5.41, 5.74) is -2.82. The Bertz CT molecular complexity index is 737. The molecule has 2 fully saturated rings. The molecule has 0 spiro atoms. The number of alkyl halides is 3. The first-order valence-corrected chi connectivity index (χ1v) is 7.99. The normalized spacial score (nSPS) is 27.2. The number of rotatable bonds is 2. The molecule has 3 N–H and O–H groups in total. The molecule has 2 aliphatic heterocycles. The lowest BCUT2D eigenvalue weighted by Gasteiger charge is -2.25. The van der Waals surface area contributed by atoms with E-state index in [1.54, 1.807) is 13.0 Å². The zero-order chi connectivity index (χ0) is 19.3. The summed E-state index contributed by atoms with van der Waals surface area (Å²) in [5.74, 6) is -0.253. The molecule has 2 atom stereocenters. The Kier molecular flexibility index (Phi) is 4.50. The molecule has 2 saturated heterocycles. The van der Waals surface area contributed by atoms with Crippen LogP contribution in [0.15, 0.2) is 6.07 Å². The van der Waals surface area contributed by atoms with Crippen molar-refractivity contribution in [2.45, 2.75) is 31.2 Å². The van der Waals surface area contributed by atoms with E-state index in [1.807, 2.05) is 0 Å². The smallest absolute Gasteiger partial charge is 0.388 e. The number of hydrogen-bond acceptors (Lipinski definition) is 7. The summed E-state index contributed by atoms with van der Waals surface area (Å²) in [6, 6.07) is 2.33. The number of β-amino-alcohol motifs (C(OH)–C–C–N with tert-alkyl or cyclic N) is 2. The van der Waals surface area contributed by atoms with E-state index in [4.69, 9.17) is 0 Å². The maximum atomic E-state index is 13.5. The molecule has 3 heterocycles. The van der Waals surface area contributed by atoms with E-state index in [2.05, 4.69) is 4.98 Å². The molecule has 10 heteroatoms. The van der Waals surface area contributed by atoms with Crippen LogP contribution in [-0.2, 0) is 6.18 Å². The lowest BCUT2D eigenvalue weighted by atomic mass is 10.1. The Morgan fingerprint density at radius 3 is 2.54 bits per heavy atom. The van der Waals surface area contributed by atoms with Gasteiger partial charge in [-0.1, -0.05) is 0 Å². The first kappa shape index (κ1) is 18.7. The second-order valence-corrected chi connectivity index (χ2v) is 6.89. The Labute approximate surface area is 147 Å². The van der Waals surface area contributed by atoms with Crippen molar-refractivity contribution < 1.29 is 28.5 Å². The molecule has 1 radical (unpaired) electrons. The SMILES string of the molecule is C[C@]1(O)CCN(c2nc(N3C[C](O)[C@@H](O)C3)cc(C(F)(F)F)c2C#N)C1. The van der Waals surface area contributed by atoms with Crippen molar-refractivity contribution in [3.8, 4) is 6.07 Å². The summed E-state index contributed by atoms with van der Waals surface area (Å²) in [6.07, 6.45) is -5.86. The first-order valence-electron chi connectivity index (χ1n) is 7.99. The zero-order valence-corrected chi connectivity index (χ0v) is 14.0. The number of anilines is 2. The molecule has 0 aliphatic carbocycles. The molecule has 2 aliphatic rings. The van der Waals surface area contributed by atoms with Gasteiger partial charge >= 0.3 is 6.18 Å². The average molecular weight is 371 g/mol. The Morgan fingerprint density at radius 2 is 2.08 bits per heavy atom. The highest BCUT2D eigenvalue weighted by molar-refractivity contribution is 5.64. The van der Waals surface area contributed by atoms with Crippen molar-refractivity contribution in [1.29, 1.82) is 5.26 Å². The predicted molar refractivity (Wildman–Crippen MR) is 84.8 cm³/mol. The lowest BCUT2D eigenvalue weighted by Crippen LogP contribution is -2.32. The van der Waals surface area contributed by atoms with Crippen LogP contribution in [-0.4, -0.2) is 58.2 Å². The number of aliphatic hydroxyl groups is 3. The minimum absolute atomic E-state index is 0.0510. The van der Waals surface area contributed by atoms with Crippen molar-refractivity contribution in [2.75, 3.05) is 36.0 Å². The van der Waals surface area contributed by atoms with Gasteiger partial charge in [0, 0.05) is 19.6 Å². The van der Waals surface area contributed by atoms with Crippen LogP contribution < -0.4 is 9.80 Å². The van der Waals surface area contributed by atoms with E-state index < -0.39 is 29.0 Å². The molecule has 1 aromatic rings. The standard InChI is InChI=1S/C16H18F3N4O3/c1-15(26)2-3-22(8-15)14-9(5-20)10(16(17,18)19)4-13(21-14)23-6-11(24)12(25)7-23/h4,11,24-26H,2-3,6-8H2,1H3/t11-,15-/m0/s1. The Morgan fingerprint density at radius 1 is 1.38 bits per heavy atom. The van der Waals surface area contributed by atoms with Gasteiger partial charge in [-0.15, -0.1) is 0 Å². The summed E-state index contributed by atoms with van der Waals surface area (Å²) in [7, 11) is 0. The van der Waals surface area contributed by atoms with Crippen molar-refractivity contribution >= 4 is 11.6 Å². The van der Waals surface area contributed by atoms with E-state index >= 15 is 0 Å². The van der Waals surface area contributed by atoms with E-state index in [9.17, 15) is 33.8 Å². The summed E-state index contributed by atoms with van der Waals surface area (Å²) in [4.78, 5) is 6.96. The third-order valence-corrected chi connectivity index (χ3v) is 4.61. The van der Waals surface area contributed by atoms with Crippen LogP contribution in [0.5, 0.6) is 0 Å². The van der Waals surface area contributed by atoms with Crippen molar-refractivity contribution in [1.82, 2.24) is 4.98 Å². The number of nitriles is 1. The van der Waals surface area contributed by atoms with Gasteiger partial charge in [-0.2, -0.15) is 18.4 Å². The number of aromatic nitrogens is 1. The minimum atomic E-state index is -4.77. The van der Waals surface area contributed by atoms with Gasteiger partial charge in [-0.25, -0.2) is 4.98 Å². The topological polar surface area (TPSA) is 104 Å². The third kappa shape index (κ3) is 3.42. The van der Waals surface area contributed by atoms with Crippen molar-refractivity contribution in [2.24, 2.45) is 0 Å². The molecular weight excluding hydrogens is 353 g/mol. The fourth-order valence-electron chi connectivity index (χ4n) is 3.22. The maximum Gasteiger partial charge on any atom is 0.417 e. The number of nitrogens with zero attached hydrogens (tertiary/aromatic N) is 4. The first-order chi connectivity index (χ1) is 12.0. The van der Waals surface area contributed by atoms with Crippen LogP contribution in [0.4, 0.5) is 24.8 Å². The largest absolute Gasteiger partial charge is 0.417 e. The van der Waals surface area contributed by atoms with Crippen LogP contribution in [0.25, 0.3) is 0 Å². The van der Waals surface area contributed by atoms with Crippen molar-refractivity contribution in [3.63, 3.8) is 0 Å². The zero-order valence-electron chi connectivity index (χ0n) is 14.0. The fraction of sp³-hybridized carbons (Fsp3) is 0.562. The van der Waals surface area contributed by atoms with Gasteiger partial charge in [-0.05, 0) is 19.4 Å². The van der Waals surface area contributed by atoms with E-state index in [0.29, 0.717) is 6.42 Å². The average Bonchev–Trinajstić information content (AvgIpc) is 3.07. The third-order valence-electron chi connectivity index (χ3n) is 4.61. The molecule has 0 saturated carbocycles. The second kappa shape index (κ2) is 6.26. The van der Waals surface area contributed by atoms with Crippen LogP contribution in [0.1, 0.15) is 24.5 Å². The van der Waals surface area contributed by atoms with Gasteiger partial charge in [0.05, 0.1) is 17.7 Å². The van der Waals surface area contributed by atoms with Crippen LogP contribution in [0.2, 0.25) is 0 Å². The van der Waals surface area contributed by atoms with Gasteiger partial charge in [0.1, 0.15) is 35.5 Å². The van der Waals surface area contributed by atoms with Gasteiger partial charge in [0.25, 0.3) is 0 Å². The Balaban J connectivity index is 2.10. The van der Waals surface area contributed by atoms with E-state index in [-0.39, 0.29) is 43.9 Å². The van der Waals surface area contributed by atoms with Crippen LogP contribution in [0, 0.1) is 17.4 Å². The second-order valence-electron chi connectivity index (χ2n) is 6.89. The van der Waals surface area contributed by atoms with Gasteiger partial charge in [-0.3, -0.25) is 0 Å². The van der Waals surface area contributed by atoms with Crippen LogP contribution in [0.3, 0.4) is 0 Å². The van der Waals surface area contributed by atoms with Gasteiger partial charge in [0.15, 0.2) is 0 Å². The highest BCUT2D eigenvalue weighted by atomic mass is 19.4. The lowest BCUT2D eigenvalue weighted by molar-refractivity contribution is -0.137. The monoisotopic (exact) mass is 371 g/mol. The molecule has 1 aromatic heterocycles. The summed E-state index contributed by atoms with van der Waals surface area (Å²) < 4.78 is 40.5. The highest BCUT2D eigenvalue weighted by Gasteiger charge is 2.41. The molecule has 141 valence electrons. The summed E-state index contributed by atoms with van der Waals surface area (Å²) in [5, 5.41) is 38.7. The maximum absolute atomic E-state index is 13.5. The van der Waals surface area contributed by atoms with E-state index in [0.717, 1.165) is 6.07 Å². The number of hydrogen-bond donors (Lipinski definition) is 3. The van der Waals surface area contributed by atoms with Gasteiger partial charge in [0.2, 0.25) is 0 Å². The van der Waals surface area contributed by atoms with E-state index in [1.165, 1.54) is 9.80 Å². The molecule has 0 amide bonds.